The van der Waals surface area contributed by atoms with E-state index in [0.717, 1.165) is 135 Å². The molecule has 0 fully saturated rings. The lowest BCUT2D eigenvalue weighted by Crippen LogP contribution is -2.37. The zero-order valence-electron chi connectivity index (χ0n) is 54.4. The summed E-state index contributed by atoms with van der Waals surface area (Å²) in [5, 5.41) is 0. The van der Waals surface area contributed by atoms with Gasteiger partial charge in [-0.1, -0.05) is 259 Å². The number of unbranched alkanes of at least 4 members (excludes halogenated alkanes) is 9. The number of phosphoric ester groups is 1. The van der Waals surface area contributed by atoms with Crippen LogP contribution in [-0.2, 0) is 32.7 Å². The van der Waals surface area contributed by atoms with E-state index in [1.807, 2.05) is 27.2 Å². The van der Waals surface area contributed by atoms with E-state index in [1.54, 1.807) is 0 Å². The van der Waals surface area contributed by atoms with Crippen molar-refractivity contribution in [2.75, 3.05) is 47.5 Å². The molecular formula is C76H118NO8P. The summed E-state index contributed by atoms with van der Waals surface area (Å²) in [5.41, 5.74) is 0. The van der Waals surface area contributed by atoms with E-state index in [4.69, 9.17) is 18.5 Å². The Labute approximate surface area is 525 Å². The average molecular weight is 1200 g/mol. The number of likely N-dealkylation sites (N-methyl/N-ethyl adjacent to an activating group) is 1. The molecule has 9 nitrogen and oxygen atoms in total. The Morgan fingerprint density at radius 1 is 0.360 bits per heavy atom. The van der Waals surface area contributed by atoms with Gasteiger partial charge in [0, 0.05) is 12.8 Å². The van der Waals surface area contributed by atoms with Crippen molar-refractivity contribution in [1.82, 2.24) is 0 Å². The number of esters is 2. The van der Waals surface area contributed by atoms with Crippen LogP contribution < -0.4 is 4.89 Å². The normalized spacial score (nSPS) is 14.5. The molecule has 0 saturated heterocycles. The molecule has 0 aromatic carbocycles. The summed E-state index contributed by atoms with van der Waals surface area (Å²) in [5.74, 6) is -0.931. The third-order valence-corrected chi connectivity index (χ3v) is 13.8. The highest BCUT2D eigenvalue weighted by Crippen LogP contribution is 2.38. The monoisotopic (exact) mass is 1200 g/mol. The summed E-state index contributed by atoms with van der Waals surface area (Å²) in [4.78, 5) is 38.0. The van der Waals surface area contributed by atoms with Gasteiger partial charge in [-0.3, -0.25) is 14.2 Å². The van der Waals surface area contributed by atoms with Gasteiger partial charge < -0.3 is 27.9 Å². The van der Waals surface area contributed by atoms with Crippen LogP contribution in [0.25, 0.3) is 0 Å². The van der Waals surface area contributed by atoms with Gasteiger partial charge in [-0.2, -0.15) is 0 Å². The lowest BCUT2D eigenvalue weighted by atomic mass is 10.1. The fourth-order valence-electron chi connectivity index (χ4n) is 7.85. The Balaban J connectivity index is 4.25. The standard InChI is InChI=1S/C76H118NO8P/c1-6-8-10-12-14-16-18-20-22-24-26-28-30-31-32-33-34-35-36-37-38-39-40-41-42-43-44-45-47-49-51-53-55-57-59-61-63-65-67-69-76(79)85-74(73-84-86(80,81)83-71-70-77(3,4)5)72-82-75(78)68-66-64-62-60-58-56-54-52-50-48-46-29-27-25-23-21-19-17-15-13-11-9-7-2/h8-11,14-17,20-23,26-29,31-32,34-35,37-38,40-41,43-44,47-50,54,56,60,62,74H,6-7,12-13,18-19,24-25,30,33,36,39,42,45-46,51-53,55,57-59,61,63-73H2,1-5H3/b10-8-,11-9-,16-14-,17-15-,22-20-,23-21-,28-26-,29-27-,32-31-,35-34-,38-37-,41-40-,44-43-,49-47-,50-48-,56-54-,62-60-. The highest BCUT2D eigenvalue weighted by molar-refractivity contribution is 7.45. The topological polar surface area (TPSA) is 111 Å². The molecule has 0 aliphatic rings. The molecule has 480 valence electrons. The maximum Gasteiger partial charge on any atom is 0.306 e. The predicted octanol–water partition coefficient (Wildman–Crippen LogP) is 20.8. The van der Waals surface area contributed by atoms with Crippen LogP contribution in [0.4, 0.5) is 0 Å². The third kappa shape index (κ3) is 67.7. The Kier molecular flexibility index (Phi) is 60.0. The van der Waals surface area contributed by atoms with Crippen LogP contribution in [0.2, 0.25) is 0 Å². The lowest BCUT2D eigenvalue weighted by molar-refractivity contribution is -0.870. The second-order valence-corrected chi connectivity index (χ2v) is 23.4. The molecule has 0 amide bonds. The zero-order chi connectivity index (χ0) is 62.6. The van der Waals surface area contributed by atoms with Crippen molar-refractivity contribution in [3.05, 3.63) is 207 Å². The molecule has 10 heteroatoms. The molecule has 2 unspecified atom stereocenters. The fraction of sp³-hybridized carbons (Fsp3) is 0.526. The molecular weight excluding hydrogens is 1090 g/mol. The maximum atomic E-state index is 12.8. The molecule has 0 N–H and O–H groups in total. The highest BCUT2D eigenvalue weighted by atomic mass is 31.2. The van der Waals surface area contributed by atoms with Crippen molar-refractivity contribution < 1.29 is 42.1 Å². The van der Waals surface area contributed by atoms with Crippen molar-refractivity contribution >= 4 is 19.8 Å². The number of carbonyl (C=O) groups excluding carboxylic acids is 2. The molecule has 0 spiro atoms. The van der Waals surface area contributed by atoms with Crippen LogP contribution in [0.3, 0.4) is 0 Å². The van der Waals surface area contributed by atoms with Gasteiger partial charge in [0.25, 0.3) is 7.82 Å². The van der Waals surface area contributed by atoms with Gasteiger partial charge >= 0.3 is 11.9 Å². The Morgan fingerprint density at radius 2 is 0.640 bits per heavy atom. The van der Waals surface area contributed by atoms with Gasteiger partial charge in [0.1, 0.15) is 19.8 Å². The van der Waals surface area contributed by atoms with Gasteiger partial charge in [-0.25, -0.2) is 0 Å². The minimum Gasteiger partial charge on any atom is -0.756 e. The van der Waals surface area contributed by atoms with E-state index >= 15 is 0 Å². The molecule has 0 radical (unpaired) electrons. The molecule has 0 rings (SSSR count). The van der Waals surface area contributed by atoms with E-state index in [2.05, 4.69) is 214 Å². The van der Waals surface area contributed by atoms with Crippen LogP contribution in [0, 0.1) is 0 Å². The molecule has 2 atom stereocenters. The van der Waals surface area contributed by atoms with Crippen LogP contribution in [0.5, 0.6) is 0 Å². The number of quaternary nitrogens is 1. The summed E-state index contributed by atoms with van der Waals surface area (Å²) < 4.78 is 34.1. The van der Waals surface area contributed by atoms with Crippen LogP contribution >= 0.6 is 7.82 Å². The van der Waals surface area contributed by atoms with E-state index in [-0.39, 0.29) is 26.1 Å². The number of hydrogen-bond donors (Lipinski definition) is 0. The van der Waals surface area contributed by atoms with Gasteiger partial charge in [-0.15, -0.1) is 0 Å². The molecule has 0 aromatic heterocycles. The Bertz CT molecular complexity index is 2200. The number of hydrogen-bond acceptors (Lipinski definition) is 8. The smallest absolute Gasteiger partial charge is 0.306 e. The SMILES string of the molecule is CC/C=C\C/C=C\C/C=C\C/C=C\C/C=C\C/C=C\C/C=C\C/C=C\C/C=C\C/C=C\CCCCCCCCCCC(=O)OC(COC(=O)CCC/C=C\C/C=C\C/C=C\C/C=C\C/C=C\C/C=C\C/C=C\CC)COP(=O)([O-])OCC[N+](C)(C)C. The first kappa shape index (κ1) is 80.6. The summed E-state index contributed by atoms with van der Waals surface area (Å²) in [7, 11) is 1.10. The van der Waals surface area contributed by atoms with E-state index < -0.39 is 32.5 Å². The molecule has 0 saturated carbocycles. The number of allylic oxidation sites excluding steroid dienone is 34. The quantitative estimate of drug-likeness (QED) is 0.0195. The highest BCUT2D eigenvalue weighted by Gasteiger charge is 2.21. The minimum atomic E-state index is -4.67. The lowest BCUT2D eigenvalue weighted by Gasteiger charge is -2.28. The van der Waals surface area contributed by atoms with E-state index in [0.29, 0.717) is 30.3 Å². The predicted molar refractivity (Wildman–Crippen MR) is 368 cm³/mol. The largest absolute Gasteiger partial charge is 0.756 e. The molecule has 0 bridgehead atoms. The Morgan fingerprint density at radius 3 is 0.965 bits per heavy atom. The molecule has 0 aliphatic carbocycles. The maximum absolute atomic E-state index is 12.8. The third-order valence-electron chi connectivity index (χ3n) is 12.8. The first-order valence-corrected chi connectivity index (χ1v) is 34.3. The second kappa shape index (κ2) is 64.1. The van der Waals surface area contributed by atoms with Gasteiger partial charge in [0.2, 0.25) is 0 Å². The number of ether oxygens (including phenoxy) is 2. The average Bonchev–Trinajstić information content (AvgIpc) is 3.56. The van der Waals surface area contributed by atoms with Gasteiger partial charge in [0.05, 0.1) is 27.7 Å². The summed E-state index contributed by atoms with van der Waals surface area (Å²) in [6.07, 6.45) is 102. The minimum absolute atomic E-state index is 0.0539. The molecule has 0 heterocycles. The summed E-state index contributed by atoms with van der Waals surface area (Å²) in [6.45, 7) is 3.90. The summed E-state index contributed by atoms with van der Waals surface area (Å²) >= 11 is 0. The zero-order valence-corrected chi connectivity index (χ0v) is 55.3. The van der Waals surface area contributed by atoms with Gasteiger partial charge in [0.15, 0.2) is 6.10 Å². The number of rotatable bonds is 57. The first-order chi connectivity index (χ1) is 42.0. The van der Waals surface area contributed by atoms with Gasteiger partial charge in [-0.05, 0) is 141 Å². The van der Waals surface area contributed by atoms with Crippen molar-refractivity contribution in [2.24, 2.45) is 0 Å². The number of carbonyl (C=O) groups is 2. The molecule has 86 heavy (non-hydrogen) atoms. The van der Waals surface area contributed by atoms with Crippen molar-refractivity contribution in [2.45, 2.75) is 213 Å². The van der Waals surface area contributed by atoms with E-state index in [9.17, 15) is 19.0 Å². The number of phosphoric acid groups is 1. The van der Waals surface area contributed by atoms with E-state index in [1.165, 1.54) is 25.7 Å². The first-order valence-electron chi connectivity index (χ1n) is 32.8. The van der Waals surface area contributed by atoms with Crippen molar-refractivity contribution in [1.29, 1.82) is 0 Å². The van der Waals surface area contributed by atoms with Crippen molar-refractivity contribution in [3.63, 3.8) is 0 Å². The second-order valence-electron chi connectivity index (χ2n) is 22.0. The molecule has 0 aromatic rings. The fourth-order valence-corrected chi connectivity index (χ4v) is 8.58. The molecule has 0 aliphatic heterocycles. The Hall–Kier alpha value is -5.41. The summed E-state index contributed by atoms with van der Waals surface area (Å²) in [6, 6.07) is 0. The number of nitrogens with zero attached hydrogens (tertiary/aromatic N) is 1. The van der Waals surface area contributed by atoms with Crippen LogP contribution in [0.1, 0.15) is 206 Å². The van der Waals surface area contributed by atoms with Crippen molar-refractivity contribution in [3.8, 4) is 0 Å². The van der Waals surface area contributed by atoms with Crippen LogP contribution in [0.15, 0.2) is 207 Å². The van der Waals surface area contributed by atoms with Crippen LogP contribution in [-0.4, -0.2) is 70.0 Å².